The first-order valence-electron chi connectivity index (χ1n) is 9.01. The predicted molar refractivity (Wildman–Crippen MR) is 112 cm³/mol. The number of benzene rings is 3. The first-order valence-corrected chi connectivity index (χ1v) is 9.01. The van der Waals surface area contributed by atoms with Crippen LogP contribution in [0.2, 0.25) is 0 Å². The van der Waals surface area contributed by atoms with Gasteiger partial charge in [-0.25, -0.2) is 4.39 Å². The highest BCUT2D eigenvalue weighted by molar-refractivity contribution is 5.92. The summed E-state index contributed by atoms with van der Waals surface area (Å²) in [6, 6.07) is 22.6. The fourth-order valence-corrected chi connectivity index (χ4v) is 2.67. The van der Waals surface area contributed by atoms with Gasteiger partial charge in [0.25, 0.3) is 5.91 Å². The Morgan fingerprint density at radius 2 is 1.76 bits per heavy atom. The number of aryl methyl sites for hydroxylation is 1. The van der Waals surface area contributed by atoms with Gasteiger partial charge in [0, 0.05) is 11.3 Å². The van der Waals surface area contributed by atoms with E-state index in [1.165, 1.54) is 24.3 Å². The molecule has 0 aliphatic heterocycles. The normalized spacial score (nSPS) is 10.9. The summed E-state index contributed by atoms with van der Waals surface area (Å²) in [5.41, 5.74) is 3.60. The van der Waals surface area contributed by atoms with E-state index >= 15 is 0 Å². The fraction of sp³-hybridized carbons (Fsp3) is 0.0833. The summed E-state index contributed by atoms with van der Waals surface area (Å²) in [7, 11) is 0. The largest absolute Gasteiger partial charge is 0.483 e. The van der Waals surface area contributed by atoms with Crippen LogP contribution in [0.5, 0.6) is 5.75 Å². The molecule has 0 saturated heterocycles. The van der Waals surface area contributed by atoms with E-state index in [2.05, 4.69) is 11.4 Å². The van der Waals surface area contributed by atoms with Crippen LogP contribution in [0.4, 0.5) is 10.1 Å². The van der Waals surface area contributed by atoms with E-state index in [-0.39, 0.29) is 18.3 Å². The zero-order valence-corrected chi connectivity index (χ0v) is 15.9. The number of para-hydroxylation sites is 1. The molecule has 0 bridgehead atoms. The van der Waals surface area contributed by atoms with Crippen molar-refractivity contribution >= 4 is 23.2 Å². The Morgan fingerprint density at radius 3 is 2.45 bits per heavy atom. The van der Waals surface area contributed by atoms with Crippen molar-refractivity contribution < 1.29 is 13.9 Å². The van der Waals surface area contributed by atoms with Crippen LogP contribution in [-0.4, -0.2) is 12.5 Å². The number of ether oxygens (including phenoxy) is 1. The Balaban J connectivity index is 1.73. The third kappa shape index (κ3) is 5.53. The molecule has 0 fully saturated rings. The summed E-state index contributed by atoms with van der Waals surface area (Å²) >= 11 is 0. The van der Waals surface area contributed by atoms with Crippen molar-refractivity contribution in [2.45, 2.75) is 6.92 Å². The monoisotopic (exact) mass is 386 g/mol. The summed E-state index contributed by atoms with van der Waals surface area (Å²) in [5, 5.41) is 12.2. The Morgan fingerprint density at radius 1 is 1.07 bits per heavy atom. The lowest BCUT2D eigenvalue weighted by molar-refractivity contribution is -0.118. The van der Waals surface area contributed by atoms with E-state index in [4.69, 9.17) is 4.74 Å². The van der Waals surface area contributed by atoms with Gasteiger partial charge in [0.05, 0.1) is 11.6 Å². The van der Waals surface area contributed by atoms with E-state index < -0.39 is 0 Å². The second kappa shape index (κ2) is 9.34. The molecule has 0 saturated carbocycles. The molecule has 1 N–H and O–H groups in total. The van der Waals surface area contributed by atoms with Crippen molar-refractivity contribution in [1.82, 2.24) is 0 Å². The van der Waals surface area contributed by atoms with Crippen molar-refractivity contribution in [3.05, 3.63) is 95.3 Å². The van der Waals surface area contributed by atoms with Crippen molar-refractivity contribution in [1.29, 1.82) is 5.26 Å². The maximum Gasteiger partial charge on any atom is 0.262 e. The molecule has 144 valence electrons. The van der Waals surface area contributed by atoms with Crippen LogP contribution in [0.25, 0.3) is 11.6 Å². The molecule has 3 aromatic rings. The molecular weight excluding hydrogens is 367 g/mol. The van der Waals surface area contributed by atoms with E-state index in [0.29, 0.717) is 22.6 Å². The van der Waals surface area contributed by atoms with Gasteiger partial charge < -0.3 is 10.1 Å². The van der Waals surface area contributed by atoms with Gasteiger partial charge in [-0.3, -0.25) is 4.79 Å². The topological polar surface area (TPSA) is 62.1 Å². The predicted octanol–water partition coefficient (Wildman–Crippen LogP) is 5.22. The lowest BCUT2D eigenvalue weighted by Gasteiger charge is -2.10. The van der Waals surface area contributed by atoms with Gasteiger partial charge in [0.1, 0.15) is 11.6 Å². The molecule has 0 heterocycles. The van der Waals surface area contributed by atoms with Gasteiger partial charge >= 0.3 is 0 Å². The molecule has 0 spiro atoms. The van der Waals surface area contributed by atoms with Gasteiger partial charge in [-0.2, -0.15) is 5.26 Å². The van der Waals surface area contributed by atoms with Gasteiger partial charge in [0.2, 0.25) is 0 Å². The van der Waals surface area contributed by atoms with Crippen LogP contribution in [0.15, 0.2) is 72.8 Å². The molecule has 0 atom stereocenters. The van der Waals surface area contributed by atoms with Crippen molar-refractivity contribution in [3.8, 4) is 11.8 Å². The number of carbonyl (C=O) groups is 1. The first kappa shape index (κ1) is 19.8. The number of rotatable bonds is 6. The SMILES string of the molecule is Cc1ccc(/C(C#N)=C\c2ccccc2OCC(=O)Nc2ccc(F)cc2)cc1. The number of hydrogen-bond donors (Lipinski definition) is 1. The number of nitrogens with one attached hydrogen (secondary N) is 1. The van der Waals surface area contributed by atoms with E-state index in [1.807, 2.05) is 43.3 Å². The molecule has 0 unspecified atom stereocenters. The molecular formula is C24H19FN2O2. The van der Waals surface area contributed by atoms with Crippen LogP contribution >= 0.6 is 0 Å². The van der Waals surface area contributed by atoms with Crippen LogP contribution < -0.4 is 10.1 Å². The number of halogens is 1. The molecule has 5 heteroatoms. The minimum atomic E-state index is -0.373. The van der Waals surface area contributed by atoms with Crippen LogP contribution in [-0.2, 0) is 4.79 Å². The molecule has 29 heavy (non-hydrogen) atoms. The molecule has 1 amide bonds. The van der Waals surface area contributed by atoms with Crippen molar-refractivity contribution in [2.24, 2.45) is 0 Å². The second-order valence-corrected chi connectivity index (χ2v) is 6.42. The third-order valence-corrected chi connectivity index (χ3v) is 4.19. The summed E-state index contributed by atoms with van der Waals surface area (Å²) in [6.07, 6.45) is 1.73. The van der Waals surface area contributed by atoms with E-state index in [0.717, 1.165) is 11.1 Å². The highest BCUT2D eigenvalue weighted by Gasteiger charge is 2.08. The second-order valence-electron chi connectivity index (χ2n) is 6.42. The summed E-state index contributed by atoms with van der Waals surface area (Å²) in [4.78, 5) is 12.1. The molecule has 3 rings (SSSR count). The zero-order chi connectivity index (χ0) is 20.6. The van der Waals surface area contributed by atoms with Gasteiger partial charge in [-0.1, -0.05) is 48.0 Å². The van der Waals surface area contributed by atoms with Crippen LogP contribution in [0, 0.1) is 24.1 Å². The van der Waals surface area contributed by atoms with E-state index in [9.17, 15) is 14.4 Å². The molecule has 0 aliphatic rings. The van der Waals surface area contributed by atoms with Crippen molar-refractivity contribution in [2.75, 3.05) is 11.9 Å². The maximum absolute atomic E-state index is 12.9. The highest BCUT2D eigenvalue weighted by atomic mass is 19.1. The molecule has 0 aromatic heterocycles. The third-order valence-electron chi connectivity index (χ3n) is 4.19. The minimum Gasteiger partial charge on any atom is -0.483 e. The van der Waals surface area contributed by atoms with Crippen LogP contribution in [0.1, 0.15) is 16.7 Å². The lowest BCUT2D eigenvalue weighted by Crippen LogP contribution is -2.20. The molecule has 0 aliphatic carbocycles. The number of allylic oxidation sites excluding steroid dienone is 1. The molecule has 4 nitrogen and oxygen atoms in total. The van der Waals surface area contributed by atoms with Gasteiger partial charge in [-0.05, 0) is 48.9 Å². The number of nitrogens with zero attached hydrogens (tertiary/aromatic N) is 1. The Labute approximate surface area is 168 Å². The summed E-state index contributed by atoms with van der Waals surface area (Å²) in [5.74, 6) is -0.252. The number of anilines is 1. The number of amides is 1. The molecule has 0 radical (unpaired) electrons. The fourth-order valence-electron chi connectivity index (χ4n) is 2.67. The summed E-state index contributed by atoms with van der Waals surface area (Å²) in [6.45, 7) is 1.77. The van der Waals surface area contributed by atoms with Gasteiger partial charge in [0.15, 0.2) is 6.61 Å². The lowest BCUT2D eigenvalue weighted by atomic mass is 10.0. The quantitative estimate of drug-likeness (QED) is 0.467. The highest BCUT2D eigenvalue weighted by Crippen LogP contribution is 2.25. The molecule has 3 aromatic carbocycles. The minimum absolute atomic E-state index is 0.214. The Kier molecular flexibility index (Phi) is 6.39. The van der Waals surface area contributed by atoms with Gasteiger partial charge in [-0.15, -0.1) is 0 Å². The Hall–Kier alpha value is -3.91. The Bertz CT molecular complexity index is 1070. The first-order chi connectivity index (χ1) is 14.0. The smallest absolute Gasteiger partial charge is 0.262 e. The zero-order valence-electron chi connectivity index (χ0n) is 15.9. The average Bonchev–Trinajstić information content (AvgIpc) is 2.73. The van der Waals surface area contributed by atoms with Crippen LogP contribution in [0.3, 0.4) is 0 Å². The number of nitriles is 1. The standard InChI is InChI=1S/C24H19FN2O2/c1-17-6-8-18(9-7-17)20(15-26)14-19-4-2-3-5-23(19)29-16-24(28)27-22-12-10-21(25)11-13-22/h2-14H,16H2,1H3,(H,27,28)/b20-14-. The summed E-state index contributed by atoms with van der Waals surface area (Å²) < 4.78 is 18.6. The van der Waals surface area contributed by atoms with E-state index in [1.54, 1.807) is 18.2 Å². The number of hydrogen-bond acceptors (Lipinski definition) is 3. The number of carbonyl (C=O) groups excluding carboxylic acids is 1. The maximum atomic E-state index is 12.9. The average molecular weight is 386 g/mol. The van der Waals surface area contributed by atoms with Crippen molar-refractivity contribution in [3.63, 3.8) is 0 Å².